The highest BCUT2D eigenvalue weighted by Crippen LogP contribution is 2.41. The topological polar surface area (TPSA) is 83.7 Å². The van der Waals surface area contributed by atoms with E-state index in [2.05, 4.69) is 10.3 Å². The van der Waals surface area contributed by atoms with Gasteiger partial charge in [-0.3, -0.25) is 9.59 Å². The number of hydrogen-bond acceptors (Lipinski definition) is 4. The summed E-state index contributed by atoms with van der Waals surface area (Å²) in [6.07, 6.45) is 1.65. The number of ether oxygens (including phenoxy) is 2. The molecular weight excluding hydrogens is 490 g/mol. The first-order valence-corrected chi connectivity index (χ1v) is 12.9. The lowest BCUT2D eigenvalue weighted by Crippen LogP contribution is -2.48. The highest BCUT2D eigenvalue weighted by Gasteiger charge is 2.39. The molecule has 3 aromatic carbocycles. The van der Waals surface area contributed by atoms with Gasteiger partial charge in [-0.1, -0.05) is 42.5 Å². The van der Waals surface area contributed by atoms with Crippen molar-refractivity contribution in [3.63, 3.8) is 0 Å². The van der Waals surface area contributed by atoms with E-state index < -0.39 is 11.6 Å². The smallest absolute Gasteiger partial charge is 0.249 e. The van der Waals surface area contributed by atoms with Crippen LogP contribution in [0.5, 0.6) is 11.5 Å². The van der Waals surface area contributed by atoms with E-state index in [0.29, 0.717) is 5.69 Å². The minimum absolute atomic E-state index is 0.242. The highest BCUT2D eigenvalue weighted by atomic mass is 16.5. The van der Waals surface area contributed by atoms with Crippen LogP contribution in [-0.2, 0) is 16.1 Å². The third-order valence-corrected chi connectivity index (χ3v) is 6.80. The minimum Gasteiger partial charge on any atom is -0.497 e. The van der Waals surface area contributed by atoms with Crippen LogP contribution in [0.4, 0.5) is 0 Å². The zero-order chi connectivity index (χ0) is 27.7. The molecule has 0 fully saturated rings. The Hall–Kier alpha value is -4.52. The lowest BCUT2D eigenvalue weighted by Gasteiger charge is -2.32. The first-order chi connectivity index (χ1) is 18.7. The van der Waals surface area contributed by atoms with Gasteiger partial charge in [0.15, 0.2) is 6.04 Å². The number of carbonyl (C=O) groups is 2. The molecule has 2 N–H and O–H groups in total. The number of aromatic nitrogens is 1. The molecule has 0 aliphatic carbocycles. The van der Waals surface area contributed by atoms with Gasteiger partial charge in [0.1, 0.15) is 11.5 Å². The summed E-state index contributed by atoms with van der Waals surface area (Å²) in [5.41, 5.74) is 4.43. The van der Waals surface area contributed by atoms with Crippen molar-refractivity contribution in [2.24, 2.45) is 0 Å². The quantitative estimate of drug-likeness (QED) is 0.344. The van der Waals surface area contributed by atoms with Crippen molar-refractivity contribution >= 4 is 28.3 Å². The molecule has 4 aromatic rings. The molecule has 7 nitrogen and oxygen atoms in total. The van der Waals surface area contributed by atoms with Gasteiger partial charge in [-0.2, -0.15) is 0 Å². The average Bonchev–Trinajstić information content (AvgIpc) is 3.24. The number of benzene rings is 3. The Balaban J connectivity index is 1.72. The molecule has 0 saturated heterocycles. The fourth-order valence-electron chi connectivity index (χ4n) is 5.03. The molecular formula is C32H33N3O4. The number of rotatable bonds is 6. The van der Waals surface area contributed by atoms with E-state index in [4.69, 9.17) is 9.47 Å². The number of nitrogens with zero attached hydrogens (tertiary/aromatic N) is 1. The summed E-state index contributed by atoms with van der Waals surface area (Å²) >= 11 is 0. The van der Waals surface area contributed by atoms with Gasteiger partial charge in [-0.15, -0.1) is 0 Å². The van der Waals surface area contributed by atoms with Crippen LogP contribution in [0, 0.1) is 0 Å². The first kappa shape index (κ1) is 26.1. The van der Waals surface area contributed by atoms with E-state index in [1.807, 2.05) is 93.6 Å². The molecule has 0 saturated carbocycles. The number of para-hydroxylation sites is 1. The average molecular weight is 524 g/mol. The van der Waals surface area contributed by atoms with Gasteiger partial charge >= 0.3 is 0 Å². The lowest BCUT2D eigenvalue weighted by molar-refractivity contribution is -0.139. The fourth-order valence-corrected chi connectivity index (χ4v) is 5.03. The molecule has 7 heteroatoms. The van der Waals surface area contributed by atoms with Gasteiger partial charge in [0.05, 0.1) is 19.9 Å². The van der Waals surface area contributed by atoms with Crippen LogP contribution in [-0.4, -0.2) is 41.5 Å². The fraction of sp³-hybridized carbons (Fsp3) is 0.250. The first-order valence-electron chi connectivity index (χ1n) is 12.9. The summed E-state index contributed by atoms with van der Waals surface area (Å²) in [6, 6.07) is 22.2. The highest BCUT2D eigenvalue weighted by molar-refractivity contribution is 6.09. The Kier molecular flexibility index (Phi) is 6.91. The molecule has 2 amide bonds. The maximum atomic E-state index is 14.0. The predicted octanol–water partition coefficient (Wildman–Crippen LogP) is 5.62. The number of nitrogens with one attached hydrogen (secondary N) is 2. The molecule has 39 heavy (non-hydrogen) atoms. The van der Waals surface area contributed by atoms with E-state index in [1.165, 1.54) is 0 Å². The Labute approximate surface area is 228 Å². The summed E-state index contributed by atoms with van der Waals surface area (Å²) in [5, 5.41) is 4.06. The van der Waals surface area contributed by atoms with Crippen molar-refractivity contribution in [2.45, 2.75) is 38.9 Å². The van der Waals surface area contributed by atoms with Crippen molar-refractivity contribution in [2.75, 3.05) is 14.2 Å². The SMILES string of the molecule is COc1ccc(CN2C(=O)C=C(c3ccc(OC)cc3)c3c([nH]c4ccccc34)C2C(=O)NC(C)(C)C)cc1. The molecule has 1 unspecified atom stereocenters. The third-order valence-electron chi connectivity index (χ3n) is 6.80. The summed E-state index contributed by atoms with van der Waals surface area (Å²) in [7, 11) is 3.24. The number of hydrogen-bond donors (Lipinski definition) is 2. The number of aromatic amines is 1. The van der Waals surface area contributed by atoms with Crippen molar-refractivity contribution in [1.29, 1.82) is 0 Å². The molecule has 1 aliphatic rings. The zero-order valence-corrected chi connectivity index (χ0v) is 22.9. The molecule has 1 aliphatic heterocycles. The maximum Gasteiger partial charge on any atom is 0.249 e. The normalized spacial score (nSPS) is 15.4. The second-order valence-corrected chi connectivity index (χ2v) is 10.7. The van der Waals surface area contributed by atoms with Gasteiger partial charge in [0.25, 0.3) is 0 Å². The van der Waals surface area contributed by atoms with Crippen LogP contribution in [0.15, 0.2) is 78.9 Å². The summed E-state index contributed by atoms with van der Waals surface area (Å²) in [6.45, 7) is 6.05. The molecule has 0 radical (unpaired) electrons. The van der Waals surface area contributed by atoms with E-state index in [9.17, 15) is 9.59 Å². The van der Waals surface area contributed by atoms with Crippen LogP contribution in [0.3, 0.4) is 0 Å². The van der Waals surface area contributed by atoms with Crippen molar-refractivity contribution in [3.05, 3.63) is 101 Å². The van der Waals surface area contributed by atoms with E-state index >= 15 is 0 Å². The molecule has 0 bridgehead atoms. The molecule has 200 valence electrons. The maximum absolute atomic E-state index is 14.0. The number of amides is 2. The summed E-state index contributed by atoms with van der Waals surface area (Å²) in [5.74, 6) is 0.950. The van der Waals surface area contributed by atoms with E-state index in [0.717, 1.165) is 44.7 Å². The van der Waals surface area contributed by atoms with Gasteiger partial charge in [0.2, 0.25) is 11.8 Å². The van der Waals surface area contributed by atoms with Crippen LogP contribution < -0.4 is 14.8 Å². The van der Waals surface area contributed by atoms with Gasteiger partial charge in [-0.05, 0) is 67.8 Å². The largest absolute Gasteiger partial charge is 0.497 e. The Morgan fingerprint density at radius 2 is 1.54 bits per heavy atom. The number of methoxy groups -OCH3 is 2. The van der Waals surface area contributed by atoms with Crippen LogP contribution in [0.1, 0.15) is 49.2 Å². The van der Waals surface area contributed by atoms with Crippen molar-refractivity contribution in [1.82, 2.24) is 15.2 Å². The second-order valence-electron chi connectivity index (χ2n) is 10.7. The molecule has 0 spiro atoms. The standard InChI is InChI=1S/C32H33N3O4/c1-32(2,3)34-31(37)30-29-28(24-8-6-7-9-26(24)33-29)25(21-12-16-23(39-5)17-13-21)18-27(36)35(30)19-20-10-14-22(38-4)15-11-20/h6-18,30,33H,19H2,1-5H3,(H,34,37). The monoisotopic (exact) mass is 523 g/mol. The predicted molar refractivity (Wildman–Crippen MR) is 153 cm³/mol. The van der Waals surface area contributed by atoms with Crippen LogP contribution in [0.25, 0.3) is 16.5 Å². The van der Waals surface area contributed by atoms with Gasteiger partial charge in [0, 0.05) is 34.6 Å². The van der Waals surface area contributed by atoms with Gasteiger partial charge < -0.3 is 24.7 Å². The van der Waals surface area contributed by atoms with Crippen LogP contribution in [0.2, 0.25) is 0 Å². The number of fused-ring (bicyclic) bond motifs is 3. The van der Waals surface area contributed by atoms with Crippen molar-refractivity contribution in [3.8, 4) is 11.5 Å². The third kappa shape index (κ3) is 5.25. The van der Waals surface area contributed by atoms with E-state index in [-0.39, 0.29) is 18.4 Å². The second kappa shape index (κ2) is 10.3. The molecule has 5 rings (SSSR count). The Morgan fingerprint density at radius 1 is 0.923 bits per heavy atom. The molecule has 1 aromatic heterocycles. The summed E-state index contributed by atoms with van der Waals surface area (Å²) in [4.78, 5) is 33.2. The number of H-pyrrole nitrogens is 1. The van der Waals surface area contributed by atoms with Crippen molar-refractivity contribution < 1.29 is 19.1 Å². The lowest BCUT2D eigenvalue weighted by atomic mass is 9.93. The number of carbonyl (C=O) groups excluding carboxylic acids is 2. The Bertz CT molecular complexity index is 1540. The minimum atomic E-state index is -0.881. The van der Waals surface area contributed by atoms with Crippen LogP contribution >= 0.6 is 0 Å². The molecule has 1 atom stereocenters. The molecule has 2 heterocycles. The zero-order valence-electron chi connectivity index (χ0n) is 22.9. The Morgan fingerprint density at radius 3 is 2.15 bits per heavy atom. The summed E-state index contributed by atoms with van der Waals surface area (Å²) < 4.78 is 10.7. The van der Waals surface area contributed by atoms with Gasteiger partial charge in [-0.25, -0.2) is 0 Å². The van der Waals surface area contributed by atoms with E-state index in [1.54, 1.807) is 25.2 Å².